The van der Waals surface area contributed by atoms with Crippen LogP contribution in [-0.4, -0.2) is 30.2 Å². The molecule has 1 heterocycles. The van der Waals surface area contributed by atoms with Gasteiger partial charge in [-0.2, -0.15) is 0 Å². The summed E-state index contributed by atoms with van der Waals surface area (Å²) in [4.78, 5) is 13.3. The van der Waals surface area contributed by atoms with Crippen LogP contribution < -0.4 is 9.47 Å². The molecule has 18 heavy (non-hydrogen) atoms. The maximum absolute atomic E-state index is 11.5. The van der Waals surface area contributed by atoms with Crippen molar-refractivity contribution in [2.45, 2.75) is 33.2 Å². The normalized spacial score (nSPS) is 14.4. The molecule has 1 aromatic rings. The molecule has 0 N–H and O–H groups in total. The fourth-order valence-corrected chi connectivity index (χ4v) is 2.36. The lowest BCUT2D eigenvalue weighted by atomic mass is 10.1. The zero-order valence-electron chi connectivity index (χ0n) is 11.1. The molecule has 4 heteroatoms. The largest absolute Gasteiger partial charge is 0.454 e. The molecule has 1 amide bonds. The van der Waals surface area contributed by atoms with Crippen LogP contribution in [0.15, 0.2) is 18.2 Å². The van der Waals surface area contributed by atoms with Gasteiger partial charge in [-0.15, -0.1) is 0 Å². The van der Waals surface area contributed by atoms with Crippen LogP contribution in [0.5, 0.6) is 11.5 Å². The topological polar surface area (TPSA) is 38.8 Å². The summed E-state index contributed by atoms with van der Waals surface area (Å²) in [7, 11) is 0. The molecule has 0 aromatic heterocycles. The Hall–Kier alpha value is -1.71. The number of amides is 1. The molecule has 0 unspecified atom stereocenters. The number of fused-ring (bicyclic) bond motifs is 1. The van der Waals surface area contributed by atoms with Gasteiger partial charge in [0.2, 0.25) is 12.7 Å². The minimum Gasteiger partial charge on any atom is -0.454 e. The molecule has 0 aliphatic carbocycles. The van der Waals surface area contributed by atoms with Crippen molar-refractivity contribution in [2.24, 2.45) is 0 Å². The number of carbonyl (C=O) groups excluding carboxylic acids is 1. The average Bonchev–Trinajstić information content (AvgIpc) is 2.76. The molecule has 0 bridgehead atoms. The van der Waals surface area contributed by atoms with Crippen molar-refractivity contribution in [3.63, 3.8) is 0 Å². The van der Waals surface area contributed by atoms with Crippen molar-refractivity contribution in [3.05, 3.63) is 23.8 Å². The Labute approximate surface area is 107 Å². The van der Waals surface area contributed by atoms with Gasteiger partial charge in [-0.1, -0.05) is 6.07 Å². The molecule has 1 aliphatic heterocycles. The van der Waals surface area contributed by atoms with Gasteiger partial charge in [0.05, 0.1) is 0 Å². The summed E-state index contributed by atoms with van der Waals surface area (Å²) in [5.74, 6) is 1.71. The molecule has 0 spiro atoms. The first-order chi connectivity index (χ1) is 8.61. The fourth-order valence-electron chi connectivity index (χ4n) is 2.36. The molecular weight excluding hydrogens is 230 g/mol. The van der Waals surface area contributed by atoms with Crippen molar-refractivity contribution >= 4 is 5.91 Å². The number of carbonyl (C=O) groups is 1. The van der Waals surface area contributed by atoms with Gasteiger partial charge in [0.15, 0.2) is 11.5 Å². The van der Waals surface area contributed by atoms with Gasteiger partial charge < -0.3 is 14.4 Å². The summed E-state index contributed by atoms with van der Waals surface area (Å²) in [6.45, 7) is 6.70. The number of rotatable bonds is 4. The van der Waals surface area contributed by atoms with Crippen LogP contribution in [0.25, 0.3) is 0 Å². The number of benzene rings is 1. The second-order valence-corrected chi connectivity index (χ2v) is 4.55. The summed E-state index contributed by atoms with van der Waals surface area (Å²) >= 11 is 0. The van der Waals surface area contributed by atoms with Crippen molar-refractivity contribution in [1.29, 1.82) is 0 Å². The summed E-state index contributed by atoms with van der Waals surface area (Å²) < 4.78 is 10.6. The van der Waals surface area contributed by atoms with E-state index < -0.39 is 0 Å². The number of hydrogen-bond donors (Lipinski definition) is 0. The molecular formula is C14H19NO3. The SMILES string of the molecule is CCN(C(C)=O)[C@H](C)Cc1ccc2c(c1)OCO2. The molecule has 0 saturated heterocycles. The highest BCUT2D eigenvalue weighted by Gasteiger charge is 2.18. The van der Waals surface area contributed by atoms with Gasteiger partial charge in [0.25, 0.3) is 0 Å². The van der Waals surface area contributed by atoms with E-state index in [0.717, 1.165) is 30.0 Å². The molecule has 1 aliphatic rings. The van der Waals surface area contributed by atoms with Crippen LogP contribution in [0.4, 0.5) is 0 Å². The third-order valence-electron chi connectivity index (χ3n) is 3.25. The number of ether oxygens (including phenoxy) is 2. The maximum Gasteiger partial charge on any atom is 0.231 e. The second kappa shape index (κ2) is 5.29. The van der Waals surface area contributed by atoms with Crippen LogP contribution in [0.3, 0.4) is 0 Å². The molecule has 4 nitrogen and oxygen atoms in total. The van der Waals surface area contributed by atoms with Crippen molar-refractivity contribution < 1.29 is 14.3 Å². The van der Waals surface area contributed by atoms with Crippen LogP contribution in [0, 0.1) is 0 Å². The Morgan fingerprint density at radius 3 is 2.78 bits per heavy atom. The highest BCUT2D eigenvalue weighted by Crippen LogP contribution is 2.32. The van der Waals surface area contributed by atoms with Gasteiger partial charge in [0.1, 0.15) is 0 Å². The third-order valence-corrected chi connectivity index (χ3v) is 3.25. The van der Waals surface area contributed by atoms with E-state index in [1.54, 1.807) is 6.92 Å². The zero-order valence-corrected chi connectivity index (χ0v) is 11.1. The molecule has 98 valence electrons. The van der Waals surface area contributed by atoms with Crippen LogP contribution >= 0.6 is 0 Å². The number of likely N-dealkylation sites (N-methyl/N-ethyl adjacent to an activating group) is 1. The van der Waals surface area contributed by atoms with Crippen molar-refractivity contribution in [3.8, 4) is 11.5 Å². The molecule has 2 rings (SSSR count). The fraction of sp³-hybridized carbons (Fsp3) is 0.500. The van der Waals surface area contributed by atoms with Gasteiger partial charge in [-0.05, 0) is 38.0 Å². The standard InChI is InChI=1S/C14H19NO3/c1-4-15(11(3)16)10(2)7-12-5-6-13-14(8-12)18-9-17-13/h5-6,8,10H,4,7,9H2,1-3H3/t10-/m1/s1. The summed E-state index contributed by atoms with van der Waals surface area (Å²) in [6, 6.07) is 6.13. The Kier molecular flexibility index (Phi) is 3.75. The first-order valence-electron chi connectivity index (χ1n) is 6.27. The lowest BCUT2D eigenvalue weighted by Crippen LogP contribution is -2.38. The van der Waals surface area contributed by atoms with E-state index in [4.69, 9.17) is 9.47 Å². The number of hydrogen-bond acceptors (Lipinski definition) is 3. The monoisotopic (exact) mass is 249 g/mol. The summed E-state index contributed by atoms with van der Waals surface area (Å²) in [6.07, 6.45) is 0.823. The molecule has 0 radical (unpaired) electrons. The molecule has 0 fully saturated rings. The minimum absolute atomic E-state index is 0.116. The number of nitrogens with zero attached hydrogens (tertiary/aromatic N) is 1. The maximum atomic E-state index is 11.5. The average molecular weight is 249 g/mol. The second-order valence-electron chi connectivity index (χ2n) is 4.55. The molecule has 0 saturated carbocycles. The lowest BCUT2D eigenvalue weighted by Gasteiger charge is -2.27. The highest BCUT2D eigenvalue weighted by atomic mass is 16.7. The van der Waals surface area contributed by atoms with E-state index in [0.29, 0.717) is 6.79 Å². The lowest BCUT2D eigenvalue weighted by molar-refractivity contribution is -0.130. The van der Waals surface area contributed by atoms with Gasteiger partial charge in [-0.3, -0.25) is 4.79 Å². The van der Waals surface area contributed by atoms with Crippen molar-refractivity contribution in [1.82, 2.24) is 4.90 Å². The Morgan fingerprint density at radius 2 is 2.11 bits per heavy atom. The Bertz CT molecular complexity index is 445. The zero-order chi connectivity index (χ0) is 13.1. The quantitative estimate of drug-likeness (QED) is 0.821. The van der Waals surface area contributed by atoms with Crippen LogP contribution in [0.2, 0.25) is 0 Å². The minimum atomic E-state index is 0.116. The van der Waals surface area contributed by atoms with E-state index in [-0.39, 0.29) is 11.9 Å². The van der Waals surface area contributed by atoms with E-state index in [9.17, 15) is 4.79 Å². The van der Waals surface area contributed by atoms with Gasteiger partial charge >= 0.3 is 0 Å². The summed E-state index contributed by atoms with van der Waals surface area (Å²) in [5.41, 5.74) is 1.16. The summed E-state index contributed by atoms with van der Waals surface area (Å²) in [5, 5.41) is 0. The van der Waals surface area contributed by atoms with E-state index in [2.05, 4.69) is 6.92 Å². The van der Waals surface area contributed by atoms with E-state index in [1.165, 1.54) is 0 Å². The van der Waals surface area contributed by atoms with Gasteiger partial charge in [0, 0.05) is 19.5 Å². The third kappa shape index (κ3) is 2.58. The Morgan fingerprint density at radius 1 is 1.39 bits per heavy atom. The molecule has 1 atom stereocenters. The van der Waals surface area contributed by atoms with Crippen LogP contribution in [-0.2, 0) is 11.2 Å². The van der Waals surface area contributed by atoms with Crippen LogP contribution in [0.1, 0.15) is 26.3 Å². The van der Waals surface area contributed by atoms with E-state index >= 15 is 0 Å². The first-order valence-corrected chi connectivity index (χ1v) is 6.27. The highest BCUT2D eigenvalue weighted by molar-refractivity contribution is 5.73. The predicted octanol–water partition coefficient (Wildman–Crippen LogP) is 2.21. The molecule has 1 aromatic carbocycles. The first kappa shape index (κ1) is 12.7. The van der Waals surface area contributed by atoms with E-state index in [1.807, 2.05) is 30.0 Å². The smallest absolute Gasteiger partial charge is 0.231 e. The van der Waals surface area contributed by atoms with Crippen molar-refractivity contribution in [2.75, 3.05) is 13.3 Å². The predicted molar refractivity (Wildman–Crippen MR) is 68.8 cm³/mol. The van der Waals surface area contributed by atoms with Gasteiger partial charge in [-0.25, -0.2) is 0 Å². The Balaban J connectivity index is 2.07.